The highest BCUT2D eigenvalue weighted by atomic mass is 28.4. The largest absolute Gasteiger partial charge is 0.528 e. The maximum absolute atomic E-state index is 6.02. The van der Waals surface area contributed by atoms with E-state index in [4.69, 9.17) is 18.0 Å². The van der Waals surface area contributed by atoms with Gasteiger partial charge in [-0.2, -0.15) is 0 Å². The molecule has 2 rings (SSSR count). The monoisotopic (exact) mass is 247 g/mol. The number of likely N-dealkylation sites (N-methyl/N-ethyl adjacent to an activating group) is 1. The number of ether oxygens (including phenoxy) is 1. The molecular formula is C10H21NO4Si. The minimum Gasteiger partial charge on any atom is -0.374 e. The topological polar surface area (TPSA) is 40.2 Å². The molecule has 5 nitrogen and oxygen atoms in total. The molecule has 0 aromatic heterocycles. The van der Waals surface area contributed by atoms with E-state index in [1.165, 1.54) is 0 Å². The van der Waals surface area contributed by atoms with Crippen LogP contribution >= 0.6 is 0 Å². The summed E-state index contributed by atoms with van der Waals surface area (Å²) in [4.78, 5) is 2.32. The molecule has 2 saturated heterocycles. The second-order valence-corrected chi connectivity index (χ2v) is 6.58. The Balaban J connectivity index is 2.01. The van der Waals surface area contributed by atoms with Crippen LogP contribution in [0.4, 0.5) is 0 Å². The zero-order valence-corrected chi connectivity index (χ0v) is 11.1. The average Bonchev–Trinajstić information content (AvgIpc) is 2.27. The fourth-order valence-electron chi connectivity index (χ4n) is 2.14. The molecule has 2 aliphatic heterocycles. The van der Waals surface area contributed by atoms with Crippen molar-refractivity contribution in [2.45, 2.75) is 20.0 Å². The smallest absolute Gasteiger partial charge is 0.374 e. The van der Waals surface area contributed by atoms with Crippen molar-refractivity contribution in [2.24, 2.45) is 0 Å². The number of nitrogens with zero attached hydrogens (tertiary/aromatic N) is 1. The molecular weight excluding hydrogens is 226 g/mol. The maximum Gasteiger partial charge on any atom is 0.528 e. The lowest BCUT2D eigenvalue weighted by atomic mass is 10.3. The van der Waals surface area contributed by atoms with Crippen LogP contribution in [0.1, 0.15) is 13.8 Å². The van der Waals surface area contributed by atoms with Gasteiger partial charge in [-0.05, 0) is 13.5 Å². The second kappa shape index (κ2) is 5.57. The van der Waals surface area contributed by atoms with E-state index in [2.05, 4.69) is 11.8 Å². The summed E-state index contributed by atoms with van der Waals surface area (Å²) in [6, 6.07) is 0. The van der Waals surface area contributed by atoms with E-state index in [-0.39, 0.29) is 6.10 Å². The van der Waals surface area contributed by atoms with Gasteiger partial charge in [-0.25, -0.2) is 0 Å². The van der Waals surface area contributed by atoms with Gasteiger partial charge in [0.2, 0.25) is 0 Å². The van der Waals surface area contributed by atoms with Crippen LogP contribution in [0.3, 0.4) is 0 Å². The third-order valence-corrected chi connectivity index (χ3v) is 5.55. The van der Waals surface area contributed by atoms with Gasteiger partial charge >= 0.3 is 8.80 Å². The van der Waals surface area contributed by atoms with Gasteiger partial charge in [-0.3, -0.25) is 4.90 Å². The Kier molecular flexibility index (Phi) is 4.34. The standard InChI is InChI=1S/C10H21NO4Si/c1-3-11-5-6-14-16(13-4-2)9-12-8-10(7-11)15-16/h10H,3-9H2,1-2H3. The van der Waals surface area contributed by atoms with E-state index < -0.39 is 8.80 Å². The molecule has 2 aliphatic rings. The summed E-state index contributed by atoms with van der Waals surface area (Å²) in [6.07, 6.45) is 0.607. The third-order valence-electron chi connectivity index (χ3n) is 2.93. The summed E-state index contributed by atoms with van der Waals surface area (Å²) >= 11 is 0. The Hall–Kier alpha value is 0.0169. The van der Waals surface area contributed by atoms with Crippen molar-refractivity contribution in [2.75, 3.05) is 45.7 Å². The van der Waals surface area contributed by atoms with E-state index in [9.17, 15) is 0 Å². The summed E-state index contributed by atoms with van der Waals surface area (Å²) in [7, 11) is -2.51. The summed E-state index contributed by atoms with van der Waals surface area (Å²) in [6.45, 7) is 8.97. The van der Waals surface area contributed by atoms with E-state index in [1.54, 1.807) is 0 Å². The Morgan fingerprint density at radius 3 is 3.06 bits per heavy atom. The summed E-state index contributed by atoms with van der Waals surface area (Å²) in [5.41, 5.74) is 0. The fraction of sp³-hybridized carbons (Fsp3) is 1.00. The van der Waals surface area contributed by atoms with Crippen molar-refractivity contribution >= 4 is 8.80 Å². The van der Waals surface area contributed by atoms with Gasteiger partial charge in [-0.15, -0.1) is 0 Å². The number of fused-ring (bicyclic) bond motifs is 2. The van der Waals surface area contributed by atoms with Crippen molar-refractivity contribution in [3.05, 3.63) is 0 Å². The van der Waals surface area contributed by atoms with Crippen molar-refractivity contribution in [3.63, 3.8) is 0 Å². The molecule has 0 N–H and O–H groups in total. The van der Waals surface area contributed by atoms with E-state index in [0.29, 0.717) is 26.1 Å². The van der Waals surface area contributed by atoms with Crippen molar-refractivity contribution in [1.29, 1.82) is 0 Å². The second-order valence-electron chi connectivity index (χ2n) is 4.11. The molecule has 0 amide bonds. The molecule has 0 radical (unpaired) electrons. The van der Waals surface area contributed by atoms with Gasteiger partial charge in [0, 0.05) is 19.7 Å². The molecule has 2 fully saturated rings. The highest BCUT2D eigenvalue weighted by Crippen LogP contribution is 2.21. The molecule has 0 aromatic rings. The fourth-order valence-corrected chi connectivity index (χ4v) is 4.45. The van der Waals surface area contributed by atoms with Crippen LogP contribution in [-0.4, -0.2) is 65.5 Å². The van der Waals surface area contributed by atoms with Crippen molar-refractivity contribution in [1.82, 2.24) is 4.90 Å². The highest BCUT2D eigenvalue weighted by Gasteiger charge is 2.48. The SMILES string of the molecule is CCO[Si]12COCC(CN(CC)CCO1)O2. The highest BCUT2D eigenvalue weighted by molar-refractivity contribution is 6.60. The van der Waals surface area contributed by atoms with E-state index in [1.807, 2.05) is 6.92 Å². The maximum atomic E-state index is 6.02. The van der Waals surface area contributed by atoms with Gasteiger partial charge < -0.3 is 18.0 Å². The van der Waals surface area contributed by atoms with Crippen LogP contribution in [0.2, 0.25) is 0 Å². The molecule has 2 heterocycles. The van der Waals surface area contributed by atoms with Gasteiger partial charge in [0.15, 0.2) is 0 Å². The molecule has 2 unspecified atom stereocenters. The molecule has 0 spiro atoms. The van der Waals surface area contributed by atoms with E-state index >= 15 is 0 Å². The van der Waals surface area contributed by atoms with Crippen LogP contribution in [-0.2, 0) is 18.0 Å². The third kappa shape index (κ3) is 2.82. The lowest BCUT2D eigenvalue weighted by molar-refractivity contribution is -0.0877. The normalized spacial score (nSPS) is 36.8. The minimum atomic E-state index is -2.51. The van der Waals surface area contributed by atoms with Gasteiger partial charge in [0.1, 0.15) is 6.23 Å². The van der Waals surface area contributed by atoms with Gasteiger partial charge in [-0.1, -0.05) is 6.92 Å². The number of hydrogen-bond donors (Lipinski definition) is 0. The predicted octanol–water partition coefficient (Wildman–Crippen LogP) is 0.268. The Morgan fingerprint density at radius 1 is 1.44 bits per heavy atom. The molecule has 0 aliphatic carbocycles. The van der Waals surface area contributed by atoms with Crippen molar-refractivity contribution < 1.29 is 18.0 Å². The van der Waals surface area contributed by atoms with Crippen molar-refractivity contribution in [3.8, 4) is 0 Å². The molecule has 2 atom stereocenters. The lowest BCUT2D eigenvalue weighted by Gasteiger charge is -2.41. The van der Waals surface area contributed by atoms with Crippen LogP contribution in [0.15, 0.2) is 0 Å². The first-order valence-corrected chi connectivity index (χ1v) is 7.97. The van der Waals surface area contributed by atoms with Gasteiger partial charge in [0.05, 0.1) is 19.3 Å². The predicted molar refractivity (Wildman–Crippen MR) is 61.1 cm³/mol. The van der Waals surface area contributed by atoms with Crippen LogP contribution in [0.5, 0.6) is 0 Å². The molecule has 0 aromatic carbocycles. The molecule has 16 heavy (non-hydrogen) atoms. The zero-order valence-electron chi connectivity index (χ0n) is 10.1. The molecule has 0 saturated carbocycles. The average molecular weight is 247 g/mol. The Labute approximate surface area is 98.0 Å². The summed E-state index contributed by atoms with van der Waals surface area (Å²) < 4.78 is 23.1. The Bertz CT molecular complexity index is 227. The number of rotatable bonds is 3. The first-order valence-electron chi connectivity index (χ1n) is 6.04. The molecule has 2 bridgehead atoms. The number of hydrogen-bond acceptors (Lipinski definition) is 5. The molecule has 6 heteroatoms. The first kappa shape index (κ1) is 12.5. The van der Waals surface area contributed by atoms with Crippen LogP contribution < -0.4 is 0 Å². The minimum absolute atomic E-state index is 0.104. The quantitative estimate of drug-likeness (QED) is 0.670. The van der Waals surface area contributed by atoms with E-state index in [0.717, 1.165) is 19.6 Å². The van der Waals surface area contributed by atoms with Crippen LogP contribution in [0.25, 0.3) is 0 Å². The van der Waals surface area contributed by atoms with Crippen LogP contribution in [0, 0.1) is 0 Å². The molecule has 94 valence electrons. The zero-order chi connectivity index (χ0) is 11.4. The van der Waals surface area contributed by atoms with Gasteiger partial charge in [0.25, 0.3) is 0 Å². The summed E-state index contributed by atoms with van der Waals surface area (Å²) in [5, 5.41) is 0. The lowest BCUT2D eigenvalue weighted by Crippen LogP contribution is -2.61. The first-order chi connectivity index (χ1) is 7.78. The summed E-state index contributed by atoms with van der Waals surface area (Å²) in [5.74, 6) is 0. The Morgan fingerprint density at radius 2 is 2.31 bits per heavy atom.